The zero-order valence-corrected chi connectivity index (χ0v) is 11.2. The molecule has 1 aliphatic rings. The Kier molecular flexibility index (Phi) is 4.06. The fourth-order valence-corrected chi connectivity index (χ4v) is 2.55. The summed E-state index contributed by atoms with van der Waals surface area (Å²) < 4.78 is 0. The molecule has 0 radical (unpaired) electrons. The summed E-state index contributed by atoms with van der Waals surface area (Å²) in [4.78, 5) is 2.38. The predicted molar refractivity (Wildman–Crippen MR) is 74.6 cm³/mol. The molecule has 0 aromatic heterocycles. The van der Waals surface area contributed by atoms with E-state index >= 15 is 0 Å². The van der Waals surface area contributed by atoms with Crippen molar-refractivity contribution in [2.24, 2.45) is 11.8 Å². The molecule has 2 heteroatoms. The molecule has 2 atom stereocenters. The van der Waals surface area contributed by atoms with Gasteiger partial charge in [0.15, 0.2) is 0 Å². The van der Waals surface area contributed by atoms with Crippen LogP contribution in [0.4, 0.5) is 5.69 Å². The van der Waals surface area contributed by atoms with Gasteiger partial charge < -0.3 is 10.2 Å². The molecule has 0 bridgehead atoms. The minimum Gasteiger partial charge on any atom is -0.374 e. The van der Waals surface area contributed by atoms with Crippen LogP contribution in [-0.2, 0) is 6.42 Å². The third-order valence-corrected chi connectivity index (χ3v) is 3.97. The van der Waals surface area contributed by atoms with E-state index in [4.69, 9.17) is 0 Å². The van der Waals surface area contributed by atoms with Gasteiger partial charge in [0, 0.05) is 19.3 Å². The number of hydrogen-bond acceptors (Lipinski definition) is 2. The van der Waals surface area contributed by atoms with Crippen LogP contribution in [0, 0.1) is 11.8 Å². The summed E-state index contributed by atoms with van der Waals surface area (Å²) in [5.74, 6) is 1.58. The van der Waals surface area contributed by atoms with Crippen LogP contribution in [-0.4, -0.2) is 26.7 Å². The number of benzene rings is 1. The van der Waals surface area contributed by atoms with Crippen LogP contribution < -0.4 is 10.2 Å². The van der Waals surface area contributed by atoms with Gasteiger partial charge in [-0.2, -0.15) is 0 Å². The number of rotatable bonds is 4. The molecule has 1 aliphatic heterocycles. The lowest BCUT2D eigenvalue weighted by atomic mass is 9.97. The molecule has 1 heterocycles. The summed E-state index contributed by atoms with van der Waals surface area (Å²) in [7, 11) is 2.20. The lowest BCUT2D eigenvalue weighted by Gasteiger charge is -2.25. The van der Waals surface area contributed by atoms with Crippen molar-refractivity contribution in [3.05, 3.63) is 29.8 Å². The zero-order valence-electron chi connectivity index (χ0n) is 11.2. The molecule has 1 fully saturated rings. The molecule has 1 N–H and O–H groups in total. The maximum Gasteiger partial charge on any atom is 0.0363 e. The normalized spacial score (nSPS) is 23.9. The number of aryl methyl sites for hydroxylation is 1. The summed E-state index contributed by atoms with van der Waals surface area (Å²) in [6.07, 6.45) is 1.12. The maximum absolute atomic E-state index is 3.47. The maximum atomic E-state index is 3.47. The van der Waals surface area contributed by atoms with Gasteiger partial charge in [0.2, 0.25) is 0 Å². The van der Waals surface area contributed by atoms with E-state index in [1.54, 1.807) is 0 Å². The third kappa shape index (κ3) is 3.01. The monoisotopic (exact) mass is 232 g/mol. The van der Waals surface area contributed by atoms with E-state index in [-0.39, 0.29) is 0 Å². The number of anilines is 1. The standard InChI is InChI=1S/C15H24N2/c1-4-13-5-7-15(8-6-13)17(3)11-14-10-16-9-12(14)2/h5-8,12,14,16H,4,9-11H2,1-3H3. The Morgan fingerprint density at radius 3 is 2.47 bits per heavy atom. The fourth-order valence-electron chi connectivity index (χ4n) is 2.55. The highest BCUT2D eigenvalue weighted by atomic mass is 15.1. The molecule has 0 saturated carbocycles. The summed E-state index contributed by atoms with van der Waals surface area (Å²) >= 11 is 0. The van der Waals surface area contributed by atoms with Crippen LogP contribution in [0.2, 0.25) is 0 Å². The van der Waals surface area contributed by atoms with E-state index in [9.17, 15) is 0 Å². The first-order chi connectivity index (χ1) is 8.20. The summed E-state index contributed by atoms with van der Waals surface area (Å²) in [5.41, 5.74) is 2.75. The van der Waals surface area contributed by atoms with E-state index in [0.717, 1.165) is 24.8 Å². The first-order valence-corrected chi connectivity index (χ1v) is 6.71. The van der Waals surface area contributed by atoms with Crippen molar-refractivity contribution in [2.75, 3.05) is 31.6 Å². The molecule has 0 aliphatic carbocycles. The Morgan fingerprint density at radius 2 is 1.94 bits per heavy atom. The van der Waals surface area contributed by atoms with Gasteiger partial charge in [-0.1, -0.05) is 26.0 Å². The molecule has 0 spiro atoms. The van der Waals surface area contributed by atoms with Crippen LogP contribution in [0.1, 0.15) is 19.4 Å². The fraction of sp³-hybridized carbons (Fsp3) is 0.600. The molecule has 2 rings (SSSR count). The van der Waals surface area contributed by atoms with E-state index in [0.29, 0.717) is 0 Å². The molecule has 94 valence electrons. The molecular formula is C15H24N2. The van der Waals surface area contributed by atoms with Crippen molar-refractivity contribution in [1.29, 1.82) is 0 Å². The highest BCUT2D eigenvalue weighted by Gasteiger charge is 2.24. The molecule has 17 heavy (non-hydrogen) atoms. The van der Waals surface area contributed by atoms with Crippen molar-refractivity contribution in [3.63, 3.8) is 0 Å². The van der Waals surface area contributed by atoms with Crippen LogP contribution in [0.3, 0.4) is 0 Å². The molecule has 2 unspecified atom stereocenters. The van der Waals surface area contributed by atoms with Crippen LogP contribution in [0.15, 0.2) is 24.3 Å². The highest BCUT2D eigenvalue weighted by molar-refractivity contribution is 5.46. The predicted octanol–water partition coefficient (Wildman–Crippen LogP) is 2.54. The average Bonchev–Trinajstić information content (AvgIpc) is 2.75. The Labute approximate surface area is 105 Å². The van der Waals surface area contributed by atoms with Crippen LogP contribution in [0.5, 0.6) is 0 Å². The lowest BCUT2D eigenvalue weighted by molar-refractivity contribution is 0.455. The third-order valence-electron chi connectivity index (χ3n) is 3.97. The Balaban J connectivity index is 1.96. The van der Waals surface area contributed by atoms with Gasteiger partial charge in [-0.15, -0.1) is 0 Å². The number of nitrogens with zero attached hydrogens (tertiary/aromatic N) is 1. The SMILES string of the molecule is CCc1ccc(N(C)CC2CNCC2C)cc1. The molecule has 1 saturated heterocycles. The van der Waals surface area contributed by atoms with Crippen LogP contribution in [0.25, 0.3) is 0 Å². The molecule has 1 aromatic rings. The Morgan fingerprint density at radius 1 is 1.24 bits per heavy atom. The smallest absolute Gasteiger partial charge is 0.0363 e. The largest absolute Gasteiger partial charge is 0.374 e. The molecular weight excluding hydrogens is 208 g/mol. The minimum atomic E-state index is 0.783. The second-order valence-corrected chi connectivity index (χ2v) is 5.30. The quantitative estimate of drug-likeness (QED) is 0.858. The summed E-state index contributed by atoms with van der Waals surface area (Å²) in [5, 5.41) is 3.47. The van der Waals surface area contributed by atoms with Gasteiger partial charge in [-0.25, -0.2) is 0 Å². The topological polar surface area (TPSA) is 15.3 Å². The van der Waals surface area contributed by atoms with Crippen molar-refractivity contribution < 1.29 is 0 Å². The van der Waals surface area contributed by atoms with Crippen molar-refractivity contribution >= 4 is 5.69 Å². The van der Waals surface area contributed by atoms with Gasteiger partial charge in [-0.3, -0.25) is 0 Å². The van der Waals surface area contributed by atoms with Crippen LogP contribution >= 0.6 is 0 Å². The Bertz CT molecular complexity index is 344. The molecule has 2 nitrogen and oxygen atoms in total. The second kappa shape index (κ2) is 5.54. The van der Waals surface area contributed by atoms with Gasteiger partial charge in [0.1, 0.15) is 0 Å². The van der Waals surface area contributed by atoms with Crippen molar-refractivity contribution in [3.8, 4) is 0 Å². The Hall–Kier alpha value is -1.02. The van der Waals surface area contributed by atoms with E-state index < -0.39 is 0 Å². The van der Waals surface area contributed by atoms with Gasteiger partial charge in [0.05, 0.1) is 0 Å². The number of nitrogens with one attached hydrogen (secondary N) is 1. The lowest BCUT2D eigenvalue weighted by Crippen LogP contribution is -2.29. The van der Waals surface area contributed by atoms with E-state index in [1.807, 2.05) is 0 Å². The molecule has 1 aromatic carbocycles. The van der Waals surface area contributed by atoms with Gasteiger partial charge in [0.25, 0.3) is 0 Å². The van der Waals surface area contributed by atoms with Gasteiger partial charge >= 0.3 is 0 Å². The molecule has 0 amide bonds. The average molecular weight is 232 g/mol. The second-order valence-electron chi connectivity index (χ2n) is 5.30. The first kappa shape index (κ1) is 12.4. The van der Waals surface area contributed by atoms with Crippen molar-refractivity contribution in [2.45, 2.75) is 20.3 Å². The zero-order chi connectivity index (χ0) is 12.3. The number of hydrogen-bond donors (Lipinski definition) is 1. The highest BCUT2D eigenvalue weighted by Crippen LogP contribution is 2.21. The van der Waals surface area contributed by atoms with E-state index in [2.05, 4.69) is 55.4 Å². The summed E-state index contributed by atoms with van der Waals surface area (Å²) in [6, 6.07) is 8.96. The van der Waals surface area contributed by atoms with Gasteiger partial charge in [-0.05, 0) is 49.0 Å². The van der Waals surface area contributed by atoms with Crippen molar-refractivity contribution in [1.82, 2.24) is 5.32 Å². The minimum absolute atomic E-state index is 0.783. The summed E-state index contributed by atoms with van der Waals surface area (Å²) in [6.45, 7) is 8.04. The van der Waals surface area contributed by atoms with E-state index in [1.165, 1.54) is 24.3 Å². The first-order valence-electron chi connectivity index (χ1n) is 6.71.